The molecule has 1 heterocycles. The van der Waals surface area contributed by atoms with Gasteiger partial charge in [-0.2, -0.15) is 5.10 Å². The van der Waals surface area contributed by atoms with Crippen molar-refractivity contribution in [3.05, 3.63) is 51.8 Å². The molecule has 4 heteroatoms. The first-order valence-electron chi connectivity index (χ1n) is 6.73. The third kappa shape index (κ3) is 3.91. The van der Waals surface area contributed by atoms with Crippen LogP contribution < -0.4 is 5.32 Å². The van der Waals surface area contributed by atoms with E-state index in [0.717, 1.165) is 30.5 Å². The van der Waals surface area contributed by atoms with Gasteiger partial charge in [0.1, 0.15) is 0 Å². The van der Waals surface area contributed by atoms with Gasteiger partial charge in [0, 0.05) is 24.1 Å². The van der Waals surface area contributed by atoms with Gasteiger partial charge in [0.25, 0.3) is 0 Å². The molecular weight excluding hydrogens is 302 g/mol. The van der Waals surface area contributed by atoms with Crippen LogP contribution in [-0.4, -0.2) is 9.78 Å². The second-order valence-corrected chi connectivity index (χ2v) is 5.45. The van der Waals surface area contributed by atoms with E-state index in [2.05, 4.69) is 69.1 Å². The Balaban J connectivity index is 1.93. The summed E-state index contributed by atoms with van der Waals surface area (Å²) in [6.07, 6.45) is 0.992. The maximum atomic E-state index is 4.56. The average Bonchev–Trinajstić information content (AvgIpc) is 2.81. The molecule has 0 saturated carbocycles. The van der Waals surface area contributed by atoms with Crippen LogP contribution in [0, 0.1) is 0 Å². The number of nitrogens with one attached hydrogen (secondary N) is 1. The number of hydrogen-bond acceptors (Lipinski definition) is 2. The van der Waals surface area contributed by atoms with Crippen LogP contribution in [-0.2, 0) is 26.1 Å². The van der Waals surface area contributed by atoms with Crippen molar-refractivity contribution in [1.29, 1.82) is 0 Å². The Morgan fingerprint density at radius 2 is 2.05 bits per heavy atom. The van der Waals surface area contributed by atoms with Gasteiger partial charge >= 0.3 is 0 Å². The number of hydrogen-bond donors (Lipinski definition) is 1. The van der Waals surface area contributed by atoms with Gasteiger partial charge in [-0.15, -0.1) is 0 Å². The number of rotatable bonds is 6. The van der Waals surface area contributed by atoms with Crippen molar-refractivity contribution < 1.29 is 0 Å². The van der Waals surface area contributed by atoms with Gasteiger partial charge in [-0.1, -0.05) is 35.0 Å². The highest BCUT2D eigenvalue weighted by molar-refractivity contribution is 9.10. The minimum absolute atomic E-state index is 0.855. The third-order valence-electron chi connectivity index (χ3n) is 3.10. The molecule has 0 unspecified atom stereocenters. The van der Waals surface area contributed by atoms with Crippen molar-refractivity contribution in [1.82, 2.24) is 15.1 Å². The molecule has 0 atom stereocenters. The van der Waals surface area contributed by atoms with Crippen molar-refractivity contribution in [3.63, 3.8) is 0 Å². The molecule has 1 N–H and O–H groups in total. The summed E-state index contributed by atoms with van der Waals surface area (Å²) in [7, 11) is 0. The summed E-state index contributed by atoms with van der Waals surface area (Å²) in [6.45, 7) is 6.92. The standard InChI is InChI=1S/C15H20BrN3/c1-3-14-9-15(19(4-2)18-14)11-17-10-12-6-5-7-13(16)8-12/h5-9,17H,3-4,10-11H2,1-2H3. The summed E-state index contributed by atoms with van der Waals surface area (Å²) in [5.74, 6) is 0. The first kappa shape index (κ1) is 14.3. The first-order valence-corrected chi connectivity index (χ1v) is 7.53. The van der Waals surface area contributed by atoms with Gasteiger partial charge in [-0.05, 0) is 37.1 Å². The van der Waals surface area contributed by atoms with Gasteiger partial charge < -0.3 is 5.32 Å². The normalized spacial score (nSPS) is 10.9. The van der Waals surface area contributed by atoms with Crippen molar-refractivity contribution in [2.24, 2.45) is 0 Å². The lowest BCUT2D eigenvalue weighted by Gasteiger charge is -2.07. The zero-order valence-electron chi connectivity index (χ0n) is 11.5. The molecule has 0 bridgehead atoms. The van der Waals surface area contributed by atoms with Crippen LogP contribution >= 0.6 is 15.9 Å². The van der Waals surface area contributed by atoms with E-state index in [9.17, 15) is 0 Å². The Kier molecular flexibility index (Phi) is 5.16. The average molecular weight is 322 g/mol. The molecule has 102 valence electrons. The summed E-state index contributed by atoms with van der Waals surface area (Å²) < 4.78 is 3.20. The predicted octanol–water partition coefficient (Wildman–Crippen LogP) is 3.52. The fourth-order valence-corrected chi connectivity index (χ4v) is 2.53. The van der Waals surface area contributed by atoms with E-state index in [4.69, 9.17) is 0 Å². The Morgan fingerprint density at radius 3 is 2.74 bits per heavy atom. The van der Waals surface area contributed by atoms with Gasteiger partial charge in [0.15, 0.2) is 0 Å². The van der Waals surface area contributed by atoms with E-state index < -0.39 is 0 Å². The molecule has 2 aromatic rings. The summed E-state index contributed by atoms with van der Waals surface area (Å²) in [4.78, 5) is 0. The zero-order chi connectivity index (χ0) is 13.7. The Morgan fingerprint density at radius 1 is 1.21 bits per heavy atom. The van der Waals surface area contributed by atoms with Crippen molar-refractivity contribution >= 4 is 15.9 Å². The fourth-order valence-electron chi connectivity index (χ4n) is 2.09. The van der Waals surface area contributed by atoms with Crippen molar-refractivity contribution in [2.75, 3.05) is 0 Å². The smallest absolute Gasteiger partial charge is 0.0625 e. The monoisotopic (exact) mass is 321 g/mol. The number of aryl methyl sites for hydroxylation is 2. The molecular formula is C15H20BrN3. The van der Waals surface area contributed by atoms with Gasteiger partial charge in [0.05, 0.1) is 11.4 Å². The predicted molar refractivity (Wildman–Crippen MR) is 82.0 cm³/mol. The second kappa shape index (κ2) is 6.87. The quantitative estimate of drug-likeness (QED) is 0.882. The molecule has 2 rings (SSSR count). The number of aromatic nitrogens is 2. The molecule has 0 radical (unpaired) electrons. The minimum Gasteiger partial charge on any atom is -0.307 e. The van der Waals surface area contributed by atoms with E-state index in [1.807, 2.05) is 6.07 Å². The molecule has 0 aliphatic heterocycles. The van der Waals surface area contributed by atoms with Crippen LogP contribution in [0.2, 0.25) is 0 Å². The molecule has 0 spiro atoms. The van der Waals surface area contributed by atoms with E-state index in [0.29, 0.717) is 0 Å². The molecule has 0 fully saturated rings. The highest BCUT2D eigenvalue weighted by Crippen LogP contribution is 2.12. The highest BCUT2D eigenvalue weighted by Gasteiger charge is 2.05. The Bertz CT molecular complexity index is 534. The molecule has 19 heavy (non-hydrogen) atoms. The molecule has 0 saturated heterocycles. The molecule has 0 aliphatic rings. The second-order valence-electron chi connectivity index (χ2n) is 4.53. The lowest BCUT2D eigenvalue weighted by Crippen LogP contribution is -2.16. The largest absolute Gasteiger partial charge is 0.307 e. The SMILES string of the molecule is CCc1cc(CNCc2cccc(Br)c2)n(CC)n1. The summed E-state index contributed by atoms with van der Waals surface area (Å²) in [5.41, 5.74) is 3.71. The van der Waals surface area contributed by atoms with Crippen molar-refractivity contribution in [3.8, 4) is 0 Å². The molecule has 3 nitrogen and oxygen atoms in total. The van der Waals surface area contributed by atoms with E-state index in [-0.39, 0.29) is 0 Å². The summed E-state index contributed by atoms with van der Waals surface area (Å²) in [5, 5.41) is 8.03. The lowest BCUT2D eigenvalue weighted by atomic mass is 10.2. The van der Waals surface area contributed by atoms with Crippen molar-refractivity contribution in [2.45, 2.75) is 39.9 Å². The van der Waals surface area contributed by atoms with E-state index >= 15 is 0 Å². The summed E-state index contributed by atoms with van der Waals surface area (Å²) in [6, 6.07) is 10.6. The van der Waals surface area contributed by atoms with E-state index in [1.165, 1.54) is 17.0 Å². The maximum Gasteiger partial charge on any atom is 0.0625 e. The number of nitrogens with zero attached hydrogens (tertiary/aromatic N) is 2. The number of halogens is 1. The highest BCUT2D eigenvalue weighted by atomic mass is 79.9. The number of benzene rings is 1. The maximum absolute atomic E-state index is 4.56. The van der Waals surface area contributed by atoms with Crippen LogP contribution in [0.15, 0.2) is 34.8 Å². The van der Waals surface area contributed by atoms with Crippen LogP contribution in [0.25, 0.3) is 0 Å². The van der Waals surface area contributed by atoms with Gasteiger partial charge in [-0.3, -0.25) is 4.68 Å². The van der Waals surface area contributed by atoms with Crippen LogP contribution in [0.3, 0.4) is 0 Å². The molecule has 1 aromatic carbocycles. The molecule has 1 aromatic heterocycles. The Labute approximate surface area is 123 Å². The molecule has 0 aliphatic carbocycles. The van der Waals surface area contributed by atoms with E-state index in [1.54, 1.807) is 0 Å². The minimum atomic E-state index is 0.855. The topological polar surface area (TPSA) is 29.9 Å². The molecule has 0 amide bonds. The van der Waals surface area contributed by atoms with Gasteiger partial charge in [-0.25, -0.2) is 0 Å². The third-order valence-corrected chi connectivity index (χ3v) is 3.59. The van der Waals surface area contributed by atoms with Crippen LogP contribution in [0.4, 0.5) is 0 Å². The lowest BCUT2D eigenvalue weighted by molar-refractivity contribution is 0.577. The van der Waals surface area contributed by atoms with Crippen LogP contribution in [0.1, 0.15) is 30.8 Å². The summed E-state index contributed by atoms with van der Waals surface area (Å²) >= 11 is 3.49. The zero-order valence-corrected chi connectivity index (χ0v) is 13.1. The first-order chi connectivity index (χ1) is 9.22. The fraction of sp³-hybridized carbons (Fsp3) is 0.400. The Hall–Kier alpha value is -1.13. The van der Waals surface area contributed by atoms with Gasteiger partial charge in [0.2, 0.25) is 0 Å². The van der Waals surface area contributed by atoms with Crippen LogP contribution in [0.5, 0.6) is 0 Å².